The highest BCUT2D eigenvalue weighted by Gasteiger charge is 2.26. The van der Waals surface area contributed by atoms with E-state index < -0.39 is 10.0 Å². The van der Waals surface area contributed by atoms with Crippen LogP contribution in [0.5, 0.6) is 5.75 Å². The number of fused-ring (bicyclic) bond motifs is 1. The zero-order valence-corrected chi connectivity index (χ0v) is 18.6. The van der Waals surface area contributed by atoms with E-state index in [0.717, 1.165) is 25.7 Å². The SMILES string of the molecule is Cc1cc(C(=O)NC2CCOc3ccc(Br)cc32)cc(S(=O)(=O)N(C)C)c1C. The van der Waals surface area contributed by atoms with E-state index in [4.69, 9.17) is 4.74 Å². The number of halogens is 1. The van der Waals surface area contributed by atoms with Crippen molar-refractivity contribution in [3.8, 4) is 5.75 Å². The fourth-order valence-electron chi connectivity index (χ4n) is 3.18. The van der Waals surface area contributed by atoms with Crippen molar-refractivity contribution in [1.29, 1.82) is 0 Å². The first kappa shape index (κ1) is 20.8. The largest absolute Gasteiger partial charge is 0.493 e. The number of sulfonamides is 1. The summed E-state index contributed by atoms with van der Waals surface area (Å²) in [7, 11) is -0.687. The molecule has 0 saturated carbocycles. The van der Waals surface area contributed by atoms with Gasteiger partial charge in [-0.1, -0.05) is 15.9 Å². The summed E-state index contributed by atoms with van der Waals surface area (Å²) in [4.78, 5) is 13.1. The van der Waals surface area contributed by atoms with E-state index in [1.165, 1.54) is 20.2 Å². The number of nitrogens with one attached hydrogen (secondary N) is 1. The number of amides is 1. The molecule has 0 fully saturated rings. The van der Waals surface area contributed by atoms with E-state index in [9.17, 15) is 13.2 Å². The molecule has 3 rings (SSSR count). The summed E-state index contributed by atoms with van der Waals surface area (Å²) in [6.07, 6.45) is 0.642. The second kappa shape index (κ2) is 7.85. The summed E-state index contributed by atoms with van der Waals surface area (Å²) in [6, 6.07) is 8.67. The van der Waals surface area contributed by atoms with Gasteiger partial charge in [-0.2, -0.15) is 0 Å². The Bertz CT molecular complexity index is 1030. The van der Waals surface area contributed by atoms with Crippen molar-refractivity contribution in [2.24, 2.45) is 0 Å². The lowest BCUT2D eigenvalue weighted by Gasteiger charge is -2.27. The second-order valence-electron chi connectivity index (χ2n) is 7.05. The van der Waals surface area contributed by atoms with Crippen molar-refractivity contribution in [3.05, 3.63) is 57.1 Å². The lowest BCUT2D eigenvalue weighted by Crippen LogP contribution is -2.32. The third kappa shape index (κ3) is 3.94. The number of rotatable bonds is 4. The summed E-state index contributed by atoms with van der Waals surface area (Å²) in [5, 5.41) is 3.02. The van der Waals surface area contributed by atoms with Crippen LogP contribution in [-0.2, 0) is 10.0 Å². The zero-order chi connectivity index (χ0) is 20.6. The molecule has 28 heavy (non-hydrogen) atoms. The second-order valence-corrected chi connectivity index (χ2v) is 10.1. The van der Waals surface area contributed by atoms with Crippen LogP contribution in [0.4, 0.5) is 0 Å². The van der Waals surface area contributed by atoms with Crippen LogP contribution in [0.2, 0.25) is 0 Å². The van der Waals surface area contributed by atoms with Gasteiger partial charge in [-0.05, 0) is 55.3 Å². The van der Waals surface area contributed by atoms with Crippen molar-refractivity contribution in [2.45, 2.75) is 31.2 Å². The smallest absolute Gasteiger partial charge is 0.251 e. The summed E-state index contributed by atoms with van der Waals surface area (Å²) in [6.45, 7) is 4.06. The van der Waals surface area contributed by atoms with E-state index in [1.807, 2.05) is 25.1 Å². The summed E-state index contributed by atoms with van der Waals surface area (Å²) in [5.74, 6) is 0.437. The molecule has 0 bridgehead atoms. The Kier molecular flexibility index (Phi) is 5.84. The molecule has 1 unspecified atom stereocenters. The van der Waals surface area contributed by atoms with Crippen molar-refractivity contribution >= 4 is 31.9 Å². The molecule has 0 radical (unpaired) electrons. The Balaban J connectivity index is 1.95. The number of carbonyl (C=O) groups excluding carboxylic acids is 1. The van der Waals surface area contributed by atoms with Crippen molar-refractivity contribution < 1.29 is 17.9 Å². The molecule has 1 heterocycles. The van der Waals surface area contributed by atoms with Gasteiger partial charge >= 0.3 is 0 Å². The van der Waals surface area contributed by atoms with Crippen LogP contribution in [0.1, 0.15) is 39.5 Å². The maximum absolute atomic E-state index is 12.9. The van der Waals surface area contributed by atoms with Gasteiger partial charge in [0.15, 0.2) is 0 Å². The zero-order valence-electron chi connectivity index (χ0n) is 16.2. The normalized spacial score (nSPS) is 16.4. The first-order valence-corrected chi connectivity index (χ1v) is 11.1. The molecule has 0 aliphatic carbocycles. The Morgan fingerprint density at radius 3 is 2.61 bits per heavy atom. The number of nitrogens with zero attached hydrogens (tertiary/aromatic N) is 1. The Labute approximate surface area is 174 Å². The highest BCUT2D eigenvalue weighted by molar-refractivity contribution is 9.10. The molecule has 2 aromatic rings. The first-order valence-electron chi connectivity index (χ1n) is 8.88. The lowest BCUT2D eigenvalue weighted by molar-refractivity contribution is 0.0924. The van der Waals surface area contributed by atoms with Gasteiger partial charge in [-0.15, -0.1) is 0 Å². The number of aryl methyl sites for hydroxylation is 1. The lowest BCUT2D eigenvalue weighted by atomic mass is 9.99. The Morgan fingerprint density at radius 2 is 1.93 bits per heavy atom. The predicted octanol–water partition coefficient (Wildman–Crippen LogP) is 3.57. The van der Waals surface area contributed by atoms with Crippen LogP contribution in [0.15, 0.2) is 39.7 Å². The van der Waals surface area contributed by atoms with Gasteiger partial charge in [0.05, 0.1) is 17.5 Å². The quantitative estimate of drug-likeness (QED) is 0.746. The summed E-state index contributed by atoms with van der Waals surface area (Å²) < 4.78 is 33.0. The molecule has 150 valence electrons. The van der Waals surface area contributed by atoms with Gasteiger partial charge < -0.3 is 10.1 Å². The van der Waals surface area contributed by atoms with Crippen LogP contribution in [0, 0.1) is 13.8 Å². The number of carbonyl (C=O) groups is 1. The first-order chi connectivity index (χ1) is 13.1. The Hall–Kier alpha value is -1.90. The van der Waals surface area contributed by atoms with Crippen LogP contribution in [0.3, 0.4) is 0 Å². The van der Waals surface area contributed by atoms with Crippen LogP contribution < -0.4 is 10.1 Å². The molecular weight excluding hydrogens is 444 g/mol. The van der Waals surface area contributed by atoms with E-state index in [1.54, 1.807) is 13.0 Å². The molecule has 0 spiro atoms. The summed E-state index contributed by atoms with van der Waals surface area (Å²) >= 11 is 3.45. The number of hydrogen-bond acceptors (Lipinski definition) is 4. The minimum absolute atomic E-state index is 0.151. The van der Waals surface area contributed by atoms with E-state index in [2.05, 4.69) is 21.2 Å². The summed E-state index contributed by atoms with van der Waals surface area (Å²) in [5.41, 5.74) is 2.62. The van der Waals surface area contributed by atoms with E-state index >= 15 is 0 Å². The molecule has 1 amide bonds. The molecule has 1 aliphatic heterocycles. The maximum Gasteiger partial charge on any atom is 0.251 e. The molecule has 1 atom stereocenters. The number of hydrogen-bond donors (Lipinski definition) is 1. The third-order valence-corrected chi connectivity index (χ3v) is 7.39. The Morgan fingerprint density at radius 1 is 1.21 bits per heavy atom. The molecular formula is C20H23BrN2O4S. The average Bonchev–Trinajstić information content (AvgIpc) is 2.63. The third-order valence-electron chi connectivity index (χ3n) is 4.96. The van der Waals surface area contributed by atoms with Gasteiger partial charge in [0, 0.05) is 36.1 Å². The van der Waals surface area contributed by atoms with Crippen molar-refractivity contribution in [3.63, 3.8) is 0 Å². The number of benzene rings is 2. The highest BCUT2D eigenvalue weighted by atomic mass is 79.9. The van der Waals surface area contributed by atoms with Gasteiger partial charge in [0.1, 0.15) is 5.75 Å². The topological polar surface area (TPSA) is 75.7 Å². The fourth-order valence-corrected chi connectivity index (χ4v) is 4.78. The van der Waals surface area contributed by atoms with Gasteiger partial charge in [0.25, 0.3) is 5.91 Å². The molecule has 2 aromatic carbocycles. The van der Waals surface area contributed by atoms with E-state index in [-0.39, 0.29) is 16.8 Å². The average molecular weight is 467 g/mol. The van der Waals surface area contributed by atoms with Crippen LogP contribution in [-0.4, -0.2) is 39.3 Å². The molecule has 0 aromatic heterocycles. The fraction of sp³-hybridized carbons (Fsp3) is 0.350. The molecule has 1 N–H and O–H groups in total. The minimum Gasteiger partial charge on any atom is -0.493 e. The van der Waals surface area contributed by atoms with Crippen LogP contribution >= 0.6 is 15.9 Å². The van der Waals surface area contributed by atoms with Gasteiger partial charge in [-0.3, -0.25) is 4.79 Å². The number of ether oxygens (including phenoxy) is 1. The van der Waals surface area contributed by atoms with Crippen molar-refractivity contribution in [1.82, 2.24) is 9.62 Å². The van der Waals surface area contributed by atoms with Gasteiger partial charge in [-0.25, -0.2) is 12.7 Å². The minimum atomic E-state index is -3.65. The molecule has 1 aliphatic rings. The predicted molar refractivity (Wildman–Crippen MR) is 111 cm³/mol. The molecule has 0 saturated heterocycles. The maximum atomic E-state index is 12.9. The van der Waals surface area contributed by atoms with E-state index in [0.29, 0.717) is 24.2 Å². The standard InChI is InChI=1S/C20H23BrN2O4S/c1-12-9-14(10-19(13(12)2)28(25,26)23(3)4)20(24)22-17-7-8-27-18-6-5-15(21)11-16(17)18/h5-6,9-11,17H,7-8H2,1-4H3,(H,22,24). The molecule has 8 heteroatoms. The van der Waals surface area contributed by atoms with Crippen molar-refractivity contribution in [2.75, 3.05) is 20.7 Å². The van der Waals surface area contributed by atoms with Crippen LogP contribution in [0.25, 0.3) is 0 Å². The monoisotopic (exact) mass is 466 g/mol. The molecule has 6 nitrogen and oxygen atoms in total. The van der Waals surface area contributed by atoms with Gasteiger partial charge in [0.2, 0.25) is 10.0 Å². The highest BCUT2D eigenvalue weighted by Crippen LogP contribution is 2.34.